The third-order valence-corrected chi connectivity index (χ3v) is 6.11. The molecule has 1 aromatic heterocycles. The van der Waals surface area contributed by atoms with Crippen LogP contribution >= 0.6 is 0 Å². The highest BCUT2D eigenvalue weighted by molar-refractivity contribution is 7.89. The Balaban J connectivity index is 2.55. The summed E-state index contributed by atoms with van der Waals surface area (Å²) in [7, 11) is -1.78. The average Bonchev–Trinajstić information content (AvgIpc) is 2.70. The van der Waals surface area contributed by atoms with Crippen LogP contribution in [0, 0.1) is 12.8 Å². The third-order valence-electron chi connectivity index (χ3n) is 4.30. The molecule has 0 saturated heterocycles. The molecule has 2 rings (SSSR count). The van der Waals surface area contributed by atoms with E-state index < -0.39 is 15.6 Å². The highest BCUT2D eigenvalue weighted by Gasteiger charge is 2.33. The van der Waals surface area contributed by atoms with E-state index in [0.29, 0.717) is 17.2 Å². The van der Waals surface area contributed by atoms with Crippen LogP contribution in [0.25, 0.3) is 10.9 Å². The molecular weight excluding hydrogens is 310 g/mol. The zero-order valence-electron chi connectivity index (χ0n) is 14.6. The number of aryl methyl sites for hydroxylation is 1. The quantitative estimate of drug-likeness (QED) is 0.850. The van der Waals surface area contributed by atoms with Gasteiger partial charge in [-0.05, 0) is 32.3 Å². The van der Waals surface area contributed by atoms with Crippen LogP contribution in [0.1, 0.15) is 32.9 Å². The van der Waals surface area contributed by atoms with Gasteiger partial charge < -0.3 is 10.3 Å². The lowest BCUT2D eigenvalue weighted by Gasteiger charge is -2.30. The Kier molecular flexibility index (Phi) is 4.89. The minimum Gasteiger partial charge on any atom is -0.347 e. The van der Waals surface area contributed by atoms with Gasteiger partial charge in [-0.1, -0.05) is 32.0 Å². The van der Waals surface area contributed by atoms with Gasteiger partial charge in [-0.25, -0.2) is 13.1 Å². The molecule has 128 valence electrons. The Bertz CT molecular complexity index is 809. The van der Waals surface area contributed by atoms with E-state index in [4.69, 9.17) is 5.73 Å². The average molecular weight is 337 g/mol. The molecular formula is C17H27N3O2S. The fraction of sp³-hybridized carbons (Fsp3) is 0.529. The van der Waals surface area contributed by atoms with Gasteiger partial charge in [0, 0.05) is 35.7 Å². The van der Waals surface area contributed by atoms with Crippen molar-refractivity contribution in [3.8, 4) is 0 Å². The normalized spacial score (nSPS) is 15.3. The Morgan fingerprint density at radius 3 is 2.48 bits per heavy atom. The van der Waals surface area contributed by atoms with Crippen molar-refractivity contribution < 1.29 is 8.42 Å². The number of fused-ring (bicyclic) bond motifs is 1. The summed E-state index contributed by atoms with van der Waals surface area (Å²) in [6, 6.07) is 7.54. The summed E-state index contributed by atoms with van der Waals surface area (Å²) in [5, 5.41) is 0.740. The maximum atomic E-state index is 13.1. The molecule has 1 heterocycles. The van der Waals surface area contributed by atoms with Crippen molar-refractivity contribution in [2.75, 3.05) is 6.54 Å². The summed E-state index contributed by atoms with van der Waals surface area (Å²) in [5.74, 6) is 0.347. The smallest absolute Gasteiger partial charge is 0.243 e. The van der Waals surface area contributed by atoms with Crippen LogP contribution in [0.5, 0.6) is 0 Å². The summed E-state index contributed by atoms with van der Waals surface area (Å²) in [4.78, 5) is 0.346. The highest BCUT2D eigenvalue weighted by Crippen LogP contribution is 2.30. The van der Waals surface area contributed by atoms with Gasteiger partial charge in [0.1, 0.15) is 4.90 Å². The van der Waals surface area contributed by atoms with E-state index in [-0.39, 0.29) is 6.54 Å². The van der Waals surface area contributed by atoms with Crippen LogP contribution in [-0.4, -0.2) is 25.1 Å². The number of sulfonamides is 1. The van der Waals surface area contributed by atoms with Crippen LogP contribution in [-0.2, 0) is 17.1 Å². The van der Waals surface area contributed by atoms with Crippen LogP contribution in [0.15, 0.2) is 29.2 Å². The van der Waals surface area contributed by atoms with Crippen molar-refractivity contribution in [1.82, 2.24) is 9.29 Å². The number of nitrogens with zero attached hydrogens (tertiary/aromatic N) is 1. The first-order valence-corrected chi connectivity index (χ1v) is 9.37. The molecule has 0 aliphatic carbocycles. The molecule has 3 N–H and O–H groups in total. The number of nitrogens with two attached hydrogens (primary N) is 1. The Morgan fingerprint density at radius 1 is 1.30 bits per heavy atom. The lowest BCUT2D eigenvalue weighted by Crippen LogP contribution is -2.52. The maximum Gasteiger partial charge on any atom is 0.243 e. The zero-order valence-corrected chi connectivity index (χ0v) is 15.4. The molecule has 2 aromatic rings. The van der Waals surface area contributed by atoms with Crippen LogP contribution in [0.4, 0.5) is 0 Å². The molecule has 0 aliphatic rings. The molecule has 5 nitrogen and oxygen atoms in total. The Hall–Kier alpha value is -1.37. The first-order chi connectivity index (χ1) is 10.6. The van der Waals surface area contributed by atoms with E-state index in [9.17, 15) is 8.42 Å². The molecule has 6 heteroatoms. The SMILES string of the molecule is Cc1c(S(=O)(=O)NC(C)(CN)CC(C)C)c2ccccc2n1C. The minimum absolute atomic E-state index is 0.258. The van der Waals surface area contributed by atoms with Gasteiger partial charge in [-0.2, -0.15) is 0 Å². The molecule has 0 radical (unpaired) electrons. The first kappa shape index (κ1) is 18.0. The van der Waals surface area contributed by atoms with E-state index in [1.165, 1.54) is 0 Å². The van der Waals surface area contributed by atoms with Gasteiger partial charge >= 0.3 is 0 Å². The van der Waals surface area contributed by atoms with Crippen LogP contribution < -0.4 is 10.5 Å². The van der Waals surface area contributed by atoms with E-state index in [0.717, 1.165) is 16.6 Å². The monoisotopic (exact) mass is 337 g/mol. The van der Waals surface area contributed by atoms with Gasteiger partial charge in [0.15, 0.2) is 0 Å². The van der Waals surface area contributed by atoms with E-state index in [2.05, 4.69) is 18.6 Å². The van der Waals surface area contributed by atoms with Crippen molar-refractivity contribution in [3.63, 3.8) is 0 Å². The number of hydrogen-bond donors (Lipinski definition) is 2. The second-order valence-electron chi connectivity index (χ2n) is 6.96. The molecule has 1 aromatic carbocycles. The fourth-order valence-electron chi connectivity index (χ4n) is 3.27. The summed E-state index contributed by atoms with van der Waals surface area (Å²) in [6.45, 7) is 8.08. The number of aromatic nitrogens is 1. The number of hydrogen-bond acceptors (Lipinski definition) is 3. The van der Waals surface area contributed by atoms with Crippen LogP contribution in [0.3, 0.4) is 0 Å². The number of nitrogens with one attached hydrogen (secondary N) is 1. The maximum absolute atomic E-state index is 13.1. The summed E-state index contributed by atoms with van der Waals surface area (Å²) in [6.07, 6.45) is 0.687. The van der Waals surface area contributed by atoms with E-state index >= 15 is 0 Å². The molecule has 0 saturated carbocycles. The van der Waals surface area contributed by atoms with Crippen molar-refractivity contribution in [1.29, 1.82) is 0 Å². The molecule has 1 unspecified atom stereocenters. The Morgan fingerprint density at radius 2 is 1.91 bits per heavy atom. The topological polar surface area (TPSA) is 77.1 Å². The lowest BCUT2D eigenvalue weighted by atomic mass is 9.92. The van der Waals surface area contributed by atoms with Crippen molar-refractivity contribution in [2.45, 2.75) is 44.6 Å². The summed E-state index contributed by atoms with van der Waals surface area (Å²) < 4.78 is 30.9. The fourth-order valence-corrected chi connectivity index (χ4v) is 5.17. The first-order valence-electron chi connectivity index (χ1n) is 7.89. The lowest BCUT2D eigenvalue weighted by molar-refractivity contribution is 0.344. The molecule has 0 bridgehead atoms. The van der Waals surface area contributed by atoms with Gasteiger partial charge in [0.05, 0.1) is 0 Å². The standard InChI is InChI=1S/C17H27N3O2S/c1-12(2)10-17(4,11-18)19-23(21,22)16-13(3)20(5)15-9-7-6-8-14(15)16/h6-9,12,19H,10-11,18H2,1-5H3. The minimum atomic E-state index is -3.66. The number of rotatable bonds is 6. The number of para-hydroxylation sites is 1. The predicted molar refractivity (Wildman–Crippen MR) is 94.9 cm³/mol. The highest BCUT2D eigenvalue weighted by atomic mass is 32.2. The van der Waals surface area contributed by atoms with Crippen molar-refractivity contribution in [2.24, 2.45) is 18.7 Å². The largest absolute Gasteiger partial charge is 0.347 e. The van der Waals surface area contributed by atoms with Crippen LogP contribution in [0.2, 0.25) is 0 Å². The molecule has 1 atom stereocenters. The second-order valence-corrected chi connectivity index (χ2v) is 8.58. The van der Waals surface area contributed by atoms with Crippen molar-refractivity contribution in [3.05, 3.63) is 30.0 Å². The Labute approximate surface area is 138 Å². The van der Waals surface area contributed by atoms with Crippen molar-refractivity contribution >= 4 is 20.9 Å². The van der Waals surface area contributed by atoms with Gasteiger partial charge in [-0.15, -0.1) is 0 Å². The molecule has 0 fully saturated rings. The summed E-state index contributed by atoms with van der Waals surface area (Å²) in [5.41, 5.74) is 6.84. The third kappa shape index (κ3) is 3.44. The molecule has 0 spiro atoms. The zero-order chi connectivity index (χ0) is 17.4. The van der Waals surface area contributed by atoms with E-state index in [1.54, 1.807) is 0 Å². The molecule has 23 heavy (non-hydrogen) atoms. The summed E-state index contributed by atoms with van der Waals surface area (Å²) >= 11 is 0. The molecule has 0 amide bonds. The van der Waals surface area contributed by atoms with E-state index in [1.807, 2.05) is 49.7 Å². The molecule has 0 aliphatic heterocycles. The predicted octanol–water partition coefficient (Wildman–Crippen LogP) is 2.53. The van der Waals surface area contributed by atoms with Gasteiger partial charge in [0.25, 0.3) is 0 Å². The van der Waals surface area contributed by atoms with Gasteiger partial charge in [0.2, 0.25) is 10.0 Å². The number of benzene rings is 1. The van der Waals surface area contributed by atoms with Gasteiger partial charge in [-0.3, -0.25) is 0 Å². The second kappa shape index (κ2) is 6.26.